The van der Waals surface area contributed by atoms with Crippen LogP contribution in [0, 0.1) is 0 Å². The molecule has 2 nitrogen and oxygen atoms in total. The monoisotopic (exact) mass is 230 g/mol. The van der Waals surface area contributed by atoms with Gasteiger partial charge in [0.05, 0.1) is 0 Å². The van der Waals surface area contributed by atoms with E-state index in [-0.39, 0.29) is 0 Å². The topological polar surface area (TPSA) is 30.9 Å². The van der Waals surface area contributed by atoms with Crippen LogP contribution in [-0.2, 0) is 13.1 Å². The molecule has 2 aromatic rings. The van der Waals surface area contributed by atoms with Gasteiger partial charge in [-0.1, -0.05) is 38.3 Å². The highest BCUT2D eigenvalue weighted by atomic mass is 14.9. The molecule has 2 N–H and O–H groups in total. The highest BCUT2D eigenvalue weighted by Gasteiger charge is 2.03. The normalized spacial score (nSPS) is 11.2. The third-order valence-corrected chi connectivity index (χ3v) is 3.38. The summed E-state index contributed by atoms with van der Waals surface area (Å²) in [5.74, 6) is 0. The average Bonchev–Trinajstić information content (AvgIpc) is 2.78. The number of benzene rings is 1. The summed E-state index contributed by atoms with van der Waals surface area (Å²) in [6.45, 7) is 3.99. The molecule has 0 aliphatic heterocycles. The van der Waals surface area contributed by atoms with Gasteiger partial charge in [-0.25, -0.2) is 0 Å². The predicted molar refractivity (Wildman–Crippen MR) is 74.0 cm³/mol. The maximum Gasteiger partial charge on any atom is 0.0483 e. The Labute approximate surface area is 103 Å². The summed E-state index contributed by atoms with van der Waals surface area (Å²) in [5.41, 5.74) is 8.32. The number of unbranched alkanes of at least 4 members (excludes halogenated alkanes) is 3. The van der Waals surface area contributed by atoms with Crippen LogP contribution in [0.4, 0.5) is 0 Å². The molecule has 0 bridgehead atoms. The predicted octanol–water partition coefficient (Wildman–Crippen LogP) is 3.68. The van der Waals surface area contributed by atoms with Crippen LogP contribution in [0.25, 0.3) is 10.9 Å². The maximum atomic E-state index is 5.76. The van der Waals surface area contributed by atoms with E-state index in [4.69, 9.17) is 5.73 Å². The number of nitrogens with zero attached hydrogens (tertiary/aromatic N) is 1. The van der Waals surface area contributed by atoms with Gasteiger partial charge in [-0.15, -0.1) is 0 Å². The Morgan fingerprint density at radius 2 is 2.00 bits per heavy atom. The van der Waals surface area contributed by atoms with Crippen LogP contribution in [0.2, 0.25) is 0 Å². The molecular formula is C15H22N2. The van der Waals surface area contributed by atoms with Crippen molar-refractivity contribution in [2.75, 3.05) is 0 Å². The molecule has 0 amide bonds. The Morgan fingerprint density at radius 1 is 1.12 bits per heavy atom. The zero-order chi connectivity index (χ0) is 12.1. The summed E-state index contributed by atoms with van der Waals surface area (Å²) in [5, 5.41) is 1.31. The lowest BCUT2D eigenvalue weighted by Gasteiger charge is -2.06. The largest absolute Gasteiger partial charge is 0.347 e. The van der Waals surface area contributed by atoms with Crippen molar-refractivity contribution in [3.05, 3.63) is 36.0 Å². The molecule has 0 saturated carbocycles. The number of fused-ring (bicyclic) bond motifs is 1. The molecule has 1 aromatic carbocycles. The van der Waals surface area contributed by atoms with Crippen LogP contribution in [0.5, 0.6) is 0 Å². The van der Waals surface area contributed by atoms with E-state index < -0.39 is 0 Å². The third-order valence-electron chi connectivity index (χ3n) is 3.38. The summed E-state index contributed by atoms with van der Waals surface area (Å²) in [6, 6.07) is 8.60. The van der Waals surface area contributed by atoms with Crippen LogP contribution in [0.3, 0.4) is 0 Å². The van der Waals surface area contributed by atoms with Crippen LogP contribution in [0.1, 0.15) is 38.2 Å². The maximum absolute atomic E-state index is 5.76. The minimum Gasteiger partial charge on any atom is -0.347 e. The fraction of sp³-hybridized carbons (Fsp3) is 0.467. The van der Waals surface area contributed by atoms with E-state index in [1.54, 1.807) is 0 Å². The molecule has 0 spiro atoms. The minimum absolute atomic E-state index is 0.622. The summed E-state index contributed by atoms with van der Waals surface area (Å²) >= 11 is 0. The SMILES string of the molecule is CCCCCCn1ccc2c(CN)cccc21. The molecule has 0 fully saturated rings. The molecule has 0 saturated heterocycles. The molecule has 0 atom stereocenters. The first-order valence-corrected chi connectivity index (χ1v) is 6.63. The molecule has 0 aliphatic carbocycles. The zero-order valence-electron chi connectivity index (χ0n) is 10.7. The Morgan fingerprint density at radius 3 is 2.76 bits per heavy atom. The van der Waals surface area contributed by atoms with Crippen molar-refractivity contribution in [2.45, 2.75) is 45.7 Å². The Kier molecular flexibility index (Phi) is 4.21. The van der Waals surface area contributed by atoms with Crippen molar-refractivity contribution < 1.29 is 0 Å². The number of hydrogen-bond acceptors (Lipinski definition) is 1. The second-order valence-electron chi connectivity index (χ2n) is 4.62. The molecular weight excluding hydrogens is 208 g/mol. The van der Waals surface area contributed by atoms with Crippen LogP contribution in [-0.4, -0.2) is 4.57 Å². The summed E-state index contributed by atoms with van der Waals surface area (Å²) in [4.78, 5) is 0. The number of nitrogens with two attached hydrogens (primary N) is 1. The van der Waals surface area contributed by atoms with Crippen molar-refractivity contribution >= 4 is 10.9 Å². The molecule has 1 heterocycles. The Balaban J connectivity index is 2.13. The van der Waals surface area contributed by atoms with E-state index in [1.807, 2.05) is 0 Å². The quantitative estimate of drug-likeness (QED) is 0.754. The van der Waals surface area contributed by atoms with E-state index in [1.165, 1.54) is 42.1 Å². The molecule has 92 valence electrons. The van der Waals surface area contributed by atoms with Crippen LogP contribution in [0.15, 0.2) is 30.5 Å². The number of rotatable bonds is 6. The first-order chi connectivity index (χ1) is 8.36. The first kappa shape index (κ1) is 12.2. The zero-order valence-corrected chi connectivity index (χ0v) is 10.7. The molecule has 0 radical (unpaired) electrons. The lowest BCUT2D eigenvalue weighted by atomic mass is 10.1. The Hall–Kier alpha value is -1.28. The van der Waals surface area contributed by atoms with Crippen molar-refractivity contribution in [2.24, 2.45) is 5.73 Å². The molecule has 2 rings (SSSR count). The second kappa shape index (κ2) is 5.87. The second-order valence-corrected chi connectivity index (χ2v) is 4.62. The molecule has 0 aliphatic rings. The minimum atomic E-state index is 0.622. The van der Waals surface area contributed by atoms with Gasteiger partial charge in [-0.2, -0.15) is 0 Å². The third kappa shape index (κ3) is 2.70. The fourth-order valence-corrected chi connectivity index (χ4v) is 2.37. The standard InChI is InChI=1S/C15H22N2/c1-2-3-4-5-10-17-11-9-14-13(12-16)7-6-8-15(14)17/h6-9,11H,2-5,10,12,16H2,1H3. The number of aryl methyl sites for hydroxylation is 1. The van der Waals surface area contributed by atoms with Gasteiger partial charge in [0.25, 0.3) is 0 Å². The van der Waals surface area contributed by atoms with Gasteiger partial charge in [0.15, 0.2) is 0 Å². The van der Waals surface area contributed by atoms with Gasteiger partial charge in [0.1, 0.15) is 0 Å². The van der Waals surface area contributed by atoms with E-state index in [9.17, 15) is 0 Å². The Bertz CT molecular complexity index is 471. The average molecular weight is 230 g/mol. The summed E-state index contributed by atoms with van der Waals surface area (Å²) < 4.78 is 2.35. The molecule has 17 heavy (non-hydrogen) atoms. The smallest absolute Gasteiger partial charge is 0.0483 e. The fourth-order valence-electron chi connectivity index (χ4n) is 2.37. The number of aromatic nitrogens is 1. The van der Waals surface area contributed by atoms with E-state index in [0.29, 0.717) is 6.54 Å². The lowest BCUT2D eigenvalue weighted by Crippen LogP contribution is -1.98. The number of hydrogen-bond donors (Lipinski definition) is 1. The molecule has 1 aromatic heterocycles. The van der Waals surface area contributed by atoms with Crippen molar-refractivity contribution in [3.63, 3.8) is 0 Å². The van der Waals surface area contributed by atoms with Crippen molar-refractivity contribution in [3.8, 4) is 0 Å². The van der Waals surface area contributed by atoms with Gasteiger partial charge in [-0.05, 0) is 24.1 Å². The lowest BCUT2D eigenvalue weighted by molar-refractivity contribution is 0.593. The highest BCUT2D eigenvalue weighted by Crippen LogP contribution is 2.20. The molecule has 2 heteroatoms. The van der Waals surface area contributed by atoms with Gasteiger partial charge in [0.2, 0.25) is 0 Å². The van der Waals surface area contributed by atoms with E-state index >= 15 is 0 Å². The van der Waals surface area contributed by atoms with Gasteiger partial charge in [-0.3, -0.25) is 0 Å². The highest BCUT2D eigenvalue weighted by molar-refractivity contribution is 5.83. The van der Waals surface area contributed by atoms with E-state index in [2.05, 4.69) is 42.0 Å². The van der Waals surface area contributed by atoms with Gasteiger partial charge in [0, 0.05) is 30.2 Å². The van der Waals surface area contributed by atoms with Crippen LogP contribution >= 0.6 is 0 Å². The van der Waals surface area contributed by atoms with Crippen LogP contribution < -0.4 is 5.73 Å². The van der Waals surface area contributed by atoms with Crippen molar-refractivity contribution in [1.29, 1.82) is 0 Å². The van der Waals surface area contributed by atoms with Crippen molar-refractivity contribution in [1.82, 2.24) is 4.57 Å². The first-order valence-electron chi connectivity index (χ1n) is 6.63. The summed E-state index contributed by atoms with van der Waals surface area (Å²) in [7, 11) is 0. The van der Waals surface area contributed by atoms with Gasteiger partial charge < -0.3 is 10.3 Å². The van der Waals surface area contributed by atoms with Gasteiger partial charge >= 0.3 is 0 Å². The molecule has 0 unspecified atom stereocenters. The van der Waals surface area contributed by atoms with E-state index in [0.717, 1.165) is 6.54 Å². The summed E-state index contributed by atoms with van der Waals surface area (Å²) in [6.07, 6.45) is 7.42.